The zero-order valence-electron chi connectivity index (χ0n) is 18.0. The first-order chi connectivity index (χ1) is 16.5. The van der Waals surface area contributed by atoms with E-state index >= 15 is 0 Å². The van der Waals surface area contributed by atoms with Crippen LogP contribution in [-0.2, 0) is 4.79 Å². The normalized spacial score (nSPS) is 19.3. The van der Waals surface area contributed by atoms with Crippen LogP contribution >= 0.6 is 0 Å². The van der Waals surface area contributed by atoms with Gasteiger partial charge in [0.05, 0.1) is 23.4 Å². The average molecular weight is 452 g/mol. The highest BCUT2D eigenvalue weighted by atomic mass is 16.5. The fourth-order valence-electron chi connectivity index (χ4n) is 4.32. The summed E-state index contributed by atoms with van der Waals surface area (Å²) in [5.74, 6) is 0.474. The zero-order chi connectivity index (χ0) is 23.7. The van der Waals surface area contributed by atoms with Crippen molar-refractivity contribution in [1.82, 2.24) is 10.2 Å². The van der Waals surface area contributed by atoms with Crippen molar-refractivity contribution in [2.45, 2.75) is 18.5 Å². The van der Waals surface area contributed by atoms with Crippen LogP contribution in [0, 0.1) is 11.3 Å². The smallest absolute Gasteiger partial charge is 0.329 e. The van der Waals surface area contributed by atoms with Crippen molar-refractivity contribution >= 4 is 23.5 Å². The molecule has 8 heteroatoms. The molecule has 8 nitrogen and oxygen atoms in total. The molecule has 0 aromatic heterocycles. The molecule has 3 aromatic carbocycles. The van der Waals surface area contributed by atoms with E-state index in [4.69, 9.17) is 10.00 Å². The van der Waals surface area contributed by atoms with Crippen molar-refractivity contribution in [3.8, 4) is 17.6 Å². The number of para-hydroxylation sites is 1. The molecule has 0 radical (unpaired) electrons. The SMILES string of the molecule is N#Cc1ccc(C(=O)N2CC[C@H]3NC(=O)N(c4ccc(Oc5ccccc5)cc4)C(=O)[C@@H]32)cc1. The number of rotatable bonds is 4. The number of hydrogen-bond acceptors (Lipinski definition) is 5. The highest BCUT2D eigenvalue weighted by Gasteiger charge is 2.50. The predicted octanol–water partition coefficient (Wildman–Crippen LogP) is 3.69. The molecule has 0 aliphatic carbocycles. The summed E-state index contributed by atoms with van der Waals surface area (Å²) in [6, 6.07) is 22.4. The Hall–Kier alpha value is -4.64. The molecular formula is C26H20N4O4. The van der Waals surface area contributed by atoms with Crippen molar-refractivity contribution in [3.05, 3.63) is 90.0 Å². The summed E-state index contributed by atoms with van der Waals surface area (Å²) in [6.45, 7) is 0.345. The lowest BCUT2D eigenvalue weighted by Gasteiger charge is -2.36. The van der Waals surface area contributed by atoms with E-state index in [1.807, 2.05) is 36.4 Å². The maximum absolute atomic E-state index is 13.4. The molecule has 2 aliphatic heterocycles. The molecule has 4 amide bonds. The summed E-state index contributed by atoms with van der Waals surface area (Å²) < 4.78 is 5.78. The number of nitrogens with zero attached hydrogens (tertiary/aromatic N) is 3. The number of likely N-dealkylation sites (tertiary alicyclic amines) is 1. The number of ether oxygens (including phenoxy) is 1. The summed E-state index contributed by atoms with van der Waals surface area (Å²) in [5, 5.41) is 11.8. The molecule has 0 saturated carbocycles. The van der Waals surface area contributed by atoms with E-state index in [1.165, 1.54) is 4.90 Å². The van der Waals surface area contributed by atoms with E-state index in [0.29, 0.717) is 41.3 Å². The lowest BCUT2D eigenvalue weighted by molar-refractivity contribution is -0.122. The zero-order valence-corrected chi connectivity index (χ0v) is 18.0. The van der Waals surface area contributed by atoms with Gasteiger partial charge in [0.2, 0.25) is 0 Å². The van der Waals surface area contributed by atoms with Crippen molar-refractivity contribution in [2.24, 2.45) is 0 Å². The first-order valence-electron chi connectivity index (χ1n) is 10.8. The first-order valence-corrected chi connectivity index (χ1v) is 10.8. The van der Waals surface area contributed by atoms with Crippen molar-refractivity contribution in [2.75, 3.05) is 11.4 Å². The molecule has 0 spiro atoms. The van der Waals surface area contributed by atoms with Gasteiger partial charge in [-0.25, -0.2) is 9.69 Å². The lowest BCUT2D eigenvalue weighted by atomic mass is 10.0. The van der Waals surface area contributed by atoms with Crippen LogP contribution in [0.15, 0.2) is 78.9 Å². The molecule has 2 heterocycles. The van der Waals surface area contributed by atoms with E-state index in [0.717, 1.165) is 4.90 Å². The summed E-state index contributed by atoms with van der Waals surface area (Å²) in [7, 11) is 0. The predicted molar refractivity (Wildman–Crippen MR) is 123 cm³/mol. The van der Waals surface area contributed by atoms with E-state index in [2.05, 4.69) is 5.32 Å². The Morgan fingerprint density at radius 1 is 0.941 bits per heavy atom. The number of carbonyl (C=O) groups is 3. The number of carbonyl (C=O) groups excluding carboxylic acids is 3. The number of amides is 4. The molecule has 2 aliphatic rings. The molecule has 0 bridgehead atoms. The van der Waals surface area contributed by atoms with Gasteiger partial charge in [-0.05, 0) is 67.1 Å². The van der Waals surface area contributed by atoms with Crippen LogP contribution in [0.1, 0.15) is 22.3 Å². The van der Waals surface area contributed by atoms with Gasteiger partial charge >= 0.3 is 6.03 Å². The second kappa shape index (κ2) is 8.71. The number of nitrogens with one attached hydrogen (secondary N) is 1. The largest absolute Gasteiger partial charge is 0.457 e. The fourth-order valence-corrected chi connectivity index (χ4v) is 4.32. The Morgan fingerprint density at radius 2 is 1.62 bits per heavy atom. The second-order valence-electron chi connectivity index (χ2n) is 8.06. The van der Waals surface area contributed by atoms with Gasteiger partial charge in [-0.1, -0.05) is 18.2 Å². The van der Waals surface area contributed by atoms with Crippen LogP contribution in [0.2, 0.25) is 0 Å². The van der Waals surface area contributed by atoms with Crippen LogP contribution in [0.3, 0.4) is 0 Å². The average Bonchev–Trinajstić information content (AvgIpc) is 3.29. The van der Waals surface area contributed by atoms with Crippen LogP contribution < -0.4 is 15.0 Å². The van der Waals surface area contributed by atoms with E-state index in [1.54, 1.807) is 48.5 Å². The number of nitriles is 1. The number of imide groups is 1. The van der Waals surface area contributed by atoms with E-state index in [-0.39, 0.29) is 5.91 Å². The van der Waals surface area contributed by atoms with Gasteiger partial charge < -0.3 is 15.0 Å². The van der Waals surface area contributed by atoms with Gasteiger partial charge in [0.1, 0.15) is 17.5 Å². The van der Waals surface area contributed by atoms with Gasteiger partial charge in [0.25, 0.3) is 11.8 Å². The third kappa shape index (κ3) is 3.84. The van der Waals surface area contributed by atoms with E-state index < -0.39 is 24.0 Å². The lowest BCUT2D eigenvalue weighted by Crippen LogP contribution is -2.65. The Kier molecular flexibility index (Phi) is 5.44. The Morgan fingerprint density at radius 3 is 2.29 bits per heavy atom. The van der Waals surface area contributed by atoms with Crippen LogP contribution in [0.25, 0.3) is 0 Å². The maximum atomic E-state index is 13.4. The maximum Gasteiger partial charge on any atom is 0.329 e. The van der Waals surface area contributed by atoms with Gasteiger partial charge in [-0.2, -0.15) is 5.26 Å². The molecule has 2 fully saturated rings. The number of fused-ring (bicyclic) bond motifs is 1. The Labute approximate surface area is 196 Å². The van der Waals surface area contributed by atoms with Gasteiger partial charge in [-0.15, -0.1) is 0 Å². The van der Waals surface area contributed by atoms with Gasteiger partial charge in [0, 0.05) is 12.1 Å². The minimum Gasteiger partial charge on any atom is -0.457 e. The quantitative estimate of drug-likeness (QED) is 0.650. The van der Waals surface area contributed by atoms with Crippen LogP contribution in [0.4, 0.5) is 10.5 Å². The summed E-state index contributed by atoms with van der Waals surface area (Å²) >= 11 is 0. The van der Waals surface area contributed by atoms with Gasteiger partial charge in [0.15, 0.2) is 0 Å². The van der Waals surface area contributed by atoms with Crippen molar-refractivity contribution in [3.63, 3.8) is 0 Å². The van der Waals surface area contributed by atoms with Crippen molar-refractivity contribution < 1.29 is 19.1 Å². The Bertz CT molecular complexity index is 1280. The molecule has 3 aromatic rings. The first kappa shape index (κ1) is 21.2. The third-order valence-electron chi connectivity index (χ3n) is 5.98. The molecule has 1 N–H and O–H groups in total. The number of benzene rings is 3. The standard InChI is InChI=1S/C26H20N4O4/c27-16-17-6-8-18(9-7-17)24(31)29-15-14-22-23(29)25(32)30(26(33)28-22)19-10-12-21(13-11-19)34-20-4-2-1-3-5-20/h1-13,22-23H,14-15H2,(H,28,33)/t22-,23-/m1/s1. The molecule has 2 saturated heterocycles. The highest BCUT2D eigenvalue weighted by Crippen LogP contribution is 2.30. The Balaban J connectivity index is 1.36. The highest BCUT2D eigenvalue weighted by molar-refractivity contribution is 6.19. The van der Waals surface area contributed by atoms with Crippen LogP contribution in [-0.4, -0.2) is 41.4 Å². The molecule has 34 heavy (non-hydrogen) atoms. The van der Waals surface area contributed by atoms with Crippen molar-refractivity contribution in [1.29, 1.82) is 5.26 Å². The third-order valence-corrected chi connectivity index (χ3v) is 5.98. The topological polar surface area (TPSA) is 103 Å². The van der Waals surface area contributed by atoms with E-state index in [9.17, 15) is 14.4 Å². The fraction of sp³-hybridized carbons (Fsp3) is 0.154. The molecule has 0 unspecified atom stereocenters. The minimum atomic E-state index is -0.805. The van der Waals surface area contributed by atoms with Crippen LogP contribution in [0.5, 0.6) is 11.5 Å². The summed E-state index contributed by atoms with van der Waals surface area (Å²) in [4.78, 5) is 41.9. The second-order valence-corrected chi connectivity index (χ2v) is 8.06. The number of hydrogen-bond donors (Lipinski definition) is 1. The number of anilines is 1. The van der Waals surface area contributed by atoms with Gasteiger partial charge in [-0.3, -0.25) is 9.59 Å². The molecule has 5 rings (SSSR count). The molecule has 168 valence electrons. The number of urea groups is 1. The molecule has 2 atom stereocenters. The summed E-state index contributed by atoms with van der Waals surface area (Å²) in [5.41, 5.74) is 1.22. The summed E-state index contributed by atoms with van der Waals surface area (Å²) in [6.07, 6.45) is 0.488. The molecular weight excluding hydrogens is 432 g/mol. The minimum absolute atomic E-state index is 0.312. The monoisotopic (exact) mass is 452 g/mol.